The molecule has 0 atom stereocenters. The van der Waals surface area contributed by atoms with E-state index in [1.165, 1.54) is 57.8 Å². The van der Waals surface area contributed by atoms with Gasteiger partial charge in [-0.25, -0.2) is 0 Å². The molecular weight excluding hydrogens is 184 g/mol. The Morgan fingerprint density at radius 1 is 1.00 bits per heavy atom. The Kier molecular flexibility index (Phi) is 7.63. The van der Waals surface area contributed by atoms with E-state index < -0.39 is 0 Å². The minimum Gasteiger partial charge on any atom is -0.381 e. The van der Waals surface area contributed by atoms with Crippen LogP contribution in [0.4, 0.5) is 0 Å². The van der Waals surface area contributed by atoms with Gasteiger partial charge in [-0.15, -0.1) is 0 Å². The molecule has 1 heteroatoms. The largest absolute Gasteiger partial charge is 0.381 e. The Morgan fingerprint density at radius 2 is 1.67 bits per heavy atom. The van der Waals surface area contributed by atoms with Gasteiger partial charge < -0.3 is 4.74 Å². The van der Waals surface area contributed by atoms with Crippen molar-refractivity contribution in [1.29, 1.82) is 0 Å². The SMILES string of the molecule is CCCCCCCCC=C1CCOCC1. The predicted molar refractivity (Wildman–Crippen MR) is 66.1 cm³/mol. The van der Waals surface area contributed by atoms with E-state index in [9.17, 15) is 0 Å². The van der Waals surface area contributed by atoms with E-state index in [2.05, 4.69) is 13.0 Å². The van der Waals surface area contributed by atoms with Crippen LogP contribution in [0.15, 0.2) is 11.6 Å². The molecule has 0 aromatic carbocycles. The summed E-state index contributed by atoms with van der Waals surface area (Å²) in [6, 6.07) is 0. The fourth-order valence-electron chi connectivity index (χ4n) is 2.07. The van der Waals surface area contributed by atoms with Crippen LogP contribution in [0.3, 0.4) is 0 Å². The monoisotopic (exact) mass is 210 g/mol. The lowest BCUT2D eigenvalue weighted by Crippen LogP contribution is -2.06. The zero-order valence-electron chi connectivity index (χ0n) is 10.3. The first-order valence-corrected chi connectivity index (χ1v) is 6.69. The number of ether oxygens (including phenoxy) is 1. The molecule has 15 heavy (non-hydrogen) atoms. The maximum absolute atomic E-state index is 5.33. The van der Waals surface area contributed by atoms with E-state index in [4.69, 9.17) is 4.74 Å². The maximum atomic E-state index is 5.33. The fraction of sp³-hybridized carbons (Fsp3) is 0.857. The molecule has 1 heterocycles. The van der Waals surface area contributed by atoms with E-state index in [0.717, 1.165) is 13.2 Å². The average molecular weight is 210 g/mol. The van der Waals surface area contributed by atoms with Gasteiger partial charge in [0.2, 0.25) is 0 Å². The molecule has 1 aliphatic rings. The first kappa shape index (κ1) is 12.8. The van der Waals surface area contributed by atoms with Crippen LogP contribution in [0, 0.1) is 0 Å². The highest BCUT2D eigenvalue weighted by Gasteiger charge is 2.03. The molecule has 0 radical (unpaired) electrons. The van der Waals surface area contributed by atoms with E-state index in [1.807, 2.05) is 0 Å². The molecule has 1 rings (SSSR count). The van der Waals surface area contributed by atoms with Crippen molar-refractivity contribution >= 4 is 0 Å². The summed E-state index contributed by atoms with van der Waals surface area (Å²) >= 11 is 0. The van der Waals surface area contributed by atoms with Crippen molar-refractivity contribution in [2.75, 3.05) is 13.2 Å². The van der Waals surface area contributed by atoms with Crippen LogP contribution in [0.2, 0.25) is 0 Å². The molecule has 0 bridgehead atoms. The Morgan fingerprint density at radius 3 is 2.40 bits per heavy atom. The lowest BCUT2D eigenvalue weighted by Gasteiger charge is -2.14. The number of allylic oxidation sites excluding steroid dienone is 1. The van der Waals surface area contributed by atoms with Gasteiger partial charge in [0.25, 0.3) is 0 Å². The van der Waals surface area contributed by atoms with Crippen LogP contribution in [0.5, 0.6) is 0 Å². The van der Waals surface area contributed by atoms with E-state index in [0.29, 0.717) is 0 Å². The van der Waals surface area contributed by atoms with Crippen molar-refractivity contribution in [3.8, 4) is 0 Å². The van der Waals surface area contributed by atoms with Crippen molar-refractivity contribution in [3.63, 3.8) is 0 Å². The summed E-state index contributed by atoms with van der Waals surface area (Å²) in [6.45, 7) is 4.17. The molecular formula is C14H26O. The normalized spacial score (nSPS) is 16.7. The second-order valence-corrected chi connectivity index (χ2v) is 4.53. The predicted octanol–water partition coefficient (Wildman–Crippen LogP) is 4.47. The molecule has 0 aromatic heterocycles. The van der Waals surface area contributed by atoms with Gasteiger partial charge in [0.15, 0.2) is 0 Å². The van der Waals surface area contributed by atoms with Gasteiger partial charge in [-0.1, -0.05) is 50.7 Å². The first-order valence-electron chi connectivity index (χ1n) is 6.69. The van der Waals surface area contributed by atoms with Crippen molar-refractivity contribution in [1.82, 2.24) is 0 Å². The zero-order valence-corrected chi connectivity index (χ0v) is 10.3. The molecule has 1 fully saturated rings. The van der Waals surface area contributed by atoms with Gasteiger partial charge in [0.1, 0.15) is 0 Å². The van der Waals surface area contributed by atoms with Crippen LogP contribution in [0.25, 0.3) is 0 Å². The summed E-state index contributed by atoms with van der Waals surface area (Å²) in [5.41, 5.74) is 1.63. The van der Waals surface area contributed by atoms with Crippen LogP contribution in [-0.4, -0.2) is 13.2 Å². The zero-order chi connectivity index (χ0) is 10.8. The Bertz CT molecular complexity index is 164. The molecule has 88 valence electrons. The third kappa shape index (κ3) is 6.72. The van der Waals surface area contributed by atoms with Crippen molar-refractivity contribution in [3.05, 3.63) is 11.6 Å². The summed E-state index contributed by atoms with van der Waals surface area (Å²) < 4.78 is 5.33. The van der Waals surface area contributed by atoms with Crippen molar-refractivity contribution < 1.29 is 4.74 Å². The number of hydrogen-bond donors (Lipinski definition) is 0. The summed E-state index contributed by atoms with van der Waals surface area (Å²) in [4.78, 5) is 0. The number of rotatable bonds is 7. The molecule has 0 aromatic rings. The van der Waals surface area contributed by atoms with Crippen LogP contribution < -0.4 is 0 Å². The van der Waals surface area contributed by atoms with Gasteiger partial charge in [-0.2, -0.15) is 0 Å². The van der Waals surface area contributed by atoms with Crippen molar-refractivity contribution in [2.24, 2.45) is 0 Å². The fourth-order valence-corrected chi connectivity index (χ4v) is 2.07. The minimum atomic E-state index is 0.947. The highest BCUT2D eigenvalue weighted by atomic mass is 16.5. The number of hydrogen-bond acceptors (Lipinski definition) is 1. The first-order chi connectivity index (χ1) is 7.43. The van der Waals surface area contributed by atoms with Gasteiger partial charge in [-0.3, -0.25) is 0 Å². The molecule has 0 N–H and O–H groups in total. The number of unbranched alkanes of at least 4 members (excludes halogenated alkanes) is 6. The molecule has 0 unspecified atom stereocenters. The summed E-state index contributed by atoms with van der Waals surface area (Å²) in [7, 11) is 0. The summed E-state index contributed by atoms with van der Waals surface area (Å²) in [5.74, 6) is 0. The maximum Gasteiger partial charge on any atom is 0.0503 e. The molecule has 0 spiro atoms. The van der Waals surface area contributed by atoms with Crippen molar-refractivity contribution in [2.45, 2.75) is 64.7 Å². The molecule has 1 aliphatic heterocycles. The van der Waals surface area contributed by atoms with E-state index in [1.54, 1.807) is 5.57 Å². The highest BCUT2D eigenvalue weighted by Crippen LogP contribution is 2.15. The summed E-state index contributed by atoms with van der Waals surface area (Å²) in [6.07, 6.45) is 14.5. The highest BCUT2D eigenvalue weighted by molar-refractivity contribution is 5.03. The Labute approximate surface area is 94.9 Å². The Balaban J connectivity index is 1.91. The minimum absolute atomic E-state index is 0.947. The molecule has 1 nitrogen and oxygen atoms in total. The second kappa shape index (κ2) is 8.96. The lowest BCUT2D eigenvalue weighted by molar-refractivity contribution is 0.119. The van der Waals surface area contributed by atoms with E-state index in [-0.39, 0.29) is 0 Å². The molecule has 0 aliphatic carbocycles. The quantitative estimate of drug-likeness (QED) is 0.445. The summed E-state index contributed by atoms with van der Waals surface area (Å²) in [5, 5.41) is 0. The van der Waals surface area contributed by atoms with Gasteiger partial charge in [0, 0.05) is 0 Å². The smallest absolute Gasteiger partial charge is 0.0503 e. The lowest BCUT2D eigenvalue weighted by atomic mass is 10.0. The molecule has 1 saturated heterocycles. The van der Waals surface area contributed by atoms with Crippen LogP contribution in [0.1, 0.15) is 64.7 Å². The van der Waals surface area contributed by atoms with Gasteiger partial charge in [0.05, 0.1) is 13.2 Å². The topological polar surface area (TPSA) is 9.23 Å². The van der Waals surface area contributed by atoms with Gasteiger partial charge in [-0.05, 0) is 25.7 Å². The third-order valence-electron chi connectivity index (χ3n) is 3.13. The third-order valence-corrected chi connectivity index (χ3v) is 3.13. The second-order valence-electron chi connectivity index (χ2n) is 4.53. The van der Waals surface area contributed by atoms with E-state index >= 15 is 0 Å². The Hall–Kier alpha value is -0.300. The van der Waals surface area contributed by atoms with Gasteiger partial charge >= 0.3 is 0 Å². The average Bonchev–Trinajstić information content (AvgIpc) is 2.29. The van der Waals surface area contributed by atoms with Crippen LogP contribution >= 0.6 is 0 Å². The standard InChI is InChI=1S/C14H26O/c1-2-3-4-5-6-7-8-9-14-10-12-15-13-11-14/h9H,2-8,10-13H2,1H3. The molecule has 0 amide bonds. The molecule has 0 saturated carbocycles. The van der Waals surface area contributed by atoms with Crippen LogP contribution in [-0.2, 0) is 4.74 Å².